The lowest BCUT2D eigenvalue weighted by Gasteiger charge is -2.12. The van der Waals surface area contributed by atoms with E-state index in [1.165, 1.54) is 14.0 Å². The van der Waals surface area contributed by atoms with Crippen LogP contribution in [0.4, 0.5) is 4.79 Å². The van der Waals surface area contributed by atoms with E-state index in [2.05, 4.69) is 15.4 Å². The fourth-order valence-corrected chi connectivity index (χ4v) is 1.70. The first-order valence-electron chi connectivity index (χ1n) is 7.25. The normalized spacial score (nSPS) is 11.5. The van der Waals surface area contributed by atoms with Crippen LogP contribution in [0.5, 0.6) is 0 Å². The van der Waals surface area contributed by atoms with Gasteiger partial charge in [0, 0.05) is 12.6 Å². The molecule has 1 aromatic carbocycles. The number of hydrogen-bond donors (Lipinski definition) is 2. The Bertz CT molecular complexity index is 554. The SMILES string of the molecule is COC(=O)C(C)OC(=O)c1ccc(CNC(=O)NC(C)C)cc1. The Morgan fingerprint density at radius 2 is 1.70 bits per heavy atom. The Hall–Kier alpha value is -2.57. The molecule has 0 aliphatic carbocycles. The van der Waals surface area contributed by atoms with Crippen molar-refractivity contribution in [2.75, 3.05) is 7.11 Å². The molecule has 1 aromatic rings. The number of amides is 2. The first-order valence-corrected chi connectivity index (χ1v) is 7.25. The quantitative estimate of drug-likeness (QED) is 0.776. The molecule has 0 fully saturated rings. The van der Waals surface area contributed by atoms with Gasteiger partial charge >= 0.3 is 18.0 Å². The molecule has 1 unspecified atom stereocenters. The largest absolute Gasteiger partial charge is 0.466 e. The Morgan fingerprint density at radius 3 is 2.22 bits per heavy atom. The fourth-order valence-electron chi connectivity index (χ4n) is 1.70. The van der Waals surface area contributed by atoms with Crippen LogP contribution in [-0.4, -0.2) is 37.2 Å². The van der Waals surface area contributed by atoms with Gasteiger partial charge < -0.3 is 20.1 Å². The number of carbonyl (C=O) groups excluding carboxylic acids is 3. The molecule has 2 amide bonds. The van der Waals surface area contributed by atoms with Gasteiger partial charge in [-0.15, -0.1) is 0 Å². The minimum absolute atomic E-state index is 0.0592. The highest BCUT2D eigenvalue weighted by Gasteiger charge is 2.19. The maximum absolute atomic E-state index is 11.9. The molecule has 0 bridgehead atoms. The summed E-state index contributed by atoms with van der Waals surface area (Å²) in [4.78, 5) is 34.6. The maximum atomic E-state index is 11.9. The Kier molecular flexibility index (Phi) is 7.05. The second-order valence-electron chi connectivity index (χ2n) is 5.25. The molecule has 0 aromatic heterocycles. The third kappa shape index (κ3) is 6.37. The van der Waals surface area contributed by atoms with E-state index in [4.69, 9.17) is 4.74 Å². The summed E-state index contributed by atoms with van der Waals surface area (Å²) in [5.41, 5.74) is 1.15. The minimum atomic E-state index is -0.964. The van der Waals surface area contributed by atoms with Crippen molar-refractivity contribution >= 4 is 18.0 Å². The number of nitrogens with one attached hydrogen (secondary N) is 2. The molecule has 23 heavy (non-hydrogen) atoms. The predicted molar refractivity (Wildman–Crippen MR) is 83.8 cm³/mol. The highest BCUT2D eigenvalue weighted by atomic mass is 16.6. The van der Waals surface area contributed by atoms with Crippen LogP contribution in [-0.2, 0) is 20.8 Å². The second-order valence-corrected chi connectivity index (χ2v) is 5.25. The molecule has 7 nitrogen and oxygen atoms in total. The molecule has 1 rings (SSSR count). The predicted octanol–water partition coefficient (Wildman–Crippen LogP) is 1.61. The molecule has 0 aliphatic rings. The van der Waals surface area contributed by atoms with Crippen LogP contribution < -0.4 is 10.6 Å². The third-order valence-corrected chi connectivity index (χ3v) is 2.88. The third-order valence-electron chi connectivity index (χ3n) is 2.88. The topological polar surface area (TPSA) is 93.7 Å². The van der Waals surface area contributed by atoms with E-state index in [1.54, 1.807) is 24.3 Å². The molecular formula is C16H22N2O5. The van der Waals surface area contributed by atoms with Gasteiger partial charge in [0.15, 0.2) is 6.10 Å². The molecule has 2 N–H and O–H groups in total. The molecule has 0 aliphatic heterocycles. The molecule has 7 heteroatoms. The zero-order chi connectivity index (χ0) is 17.4. The van der Waals surface area contributed by atoms with Gasteiger partial charge in [-0.3, -0.25) is 0 Å². The summed E-state index contributed by atoms with van der Waals surface area (Å²) >= 11 is 0. The lowest BCUT2D eigenvalue weighted by Crippen LogP contribution is -2.39. The zero-order valence-electron chi connectivity index (χ0n) is 13.7. The molecule has 126 valence electrons. The minimum Gasteiger partial charge on any atom is -0.466 e. The highest BCUT2D eigenvalue weighted by molar-refractivity contribution is 5.91. The lowest BCUT2D eigenvalue weighted by atomic mass is 10.1. The van der Waals surface area contributed by atoms with Crippen molar-refractivity contribution in [1.29, 1.82) is 0 Å². The summed E-state index contributed by atoms with van der Waals surface area (Å²) < 4.78 is 9.46. The molecule has 0 radical (unpaired) electrons. The molecule has 0 heterocycles. The van der Waals surface area contributed by atoms with Crippen molar-refractivity contribution in [2.24, 2.45) is 0 Å². The van der Waals surface area contributed by atoms with E-state index in [-0.39, 0.29) is 12.1 Å². The van der Waals surface area contributed by atoms with Crippen molar-refractivity contribution in [3.63, 3.8) is 0 Å². The molecule has 0 saturated carbocycles. The summed E-state index contributed by atoms with van der Waals surface area (Å²) in [5, 5.41) is 5.42. The van der Waals surface area contributed by atoms with Crippen LogP contribution in [0.1, 0.15) is 36.7 Å². The first-order chi connectivity index (χ1) is 10.8. The molecule has 0 spiro atoms. The number of hydrogen-bond acceptors (Lipinski definition) is 5. The fraction of sp³-hybridized carbons (Fsp3) is 0.438. The highest BCUT2D eigenvalue weighted by Crippen LogP contribution is 2.08. The van der Waals surface area contributed by atoms with E-state index in [0.717, 1.165) is 5.56 Å². The average Bonchev–Trinajstić information content (AvgIpc) is 2.51. The summed E-state index contributed by atoms with van der Waals surface area (Å²) in [6, 6.07) is 6.36. The van der Waals surface area contributed by atoms with E-state index >= 15 is 0 Å². The average molecular weight is 322 g/mol. The number of methoxy groups -OCH3 is 1. The van der Waals surface area contributed by atoms with Crippen molar-refractivity contribution in [2.45, 2.75) is 39.5 Å². The van der Waals surface area contributed by atoms with Gasteiger partial charge in [0.05, 0.1) is 12.7 Å². The van der Waals surface area contributed by atoms with Crippen molar-refractivity contribution in [3.05, 3.63) is 35.4 Å². The van der Waals surface area contributed by atoms with Crippen LogP contribution in [0.15, 0.2) is 24.3 Å². The van der Waals surface area contributed by atoms with Gasteiger partial charge in [0.2, 0.25) is 0 Å². The van der Waals surface area contributed by atoms with Gasteiger partial charge in [0.25, 0.3) is 0 Å². The van der Waals surface area contributed by atoms with E-state index in [1.807, 2.05) is 13.8 Å². The van der Waals surface area contributed by atoms with Gasteiger partial charge in [0.1, 0.15) is 0 Å². The molecular weight excluding hydrogens is 300 g/mol. The molecule has 0 saturated heterocycles. The summed E-state index contributed by atoms with van der Waals surface area (Å²) in [7, 11) is 1.23. The number of carbonyl (C=O) groups is 3. The number of benzene rings is 1. The summed E-state index contributed by atoms with van der Waals surface area (Å²) in [5.74, 6) is -1.23. The van der Waals surface area contributed by atoms with Crippen molar-refractivity contribution < 1.29 is 23.9 Å². The molecule has 1 atom stereocenters. The Labute approximate surface area is 135 Å². The van der Waals surface area contributed by atoms with Crippen LogP contribution >= 0.6 is 0 Å². The first kappa shape index (κ1) is 18.5. The van der Waals surface area contributed by atoms with Gasteiger partial charge in [-0.2, -0.15) is 0 Å². The van der Waals surface area contributed by atoms with Crippen LogP contribution in [0.2, 0.25) is 0 Å². The smallest absolute Gasteiger partial charge is 0.346 e. The Morgan fingerprint density at radius 1 is 1.09 bits per heavy atom. The van der Waals surface area contributed by atoms with Gasteiger partial charge in [-0.05, 0) is 38.5 Å². The van der Waals surface area contributed by atoms with Crippen molar-refractivity contribution in [3.8, 4) is 0 Å². The number of ether oxygens (including phenoxy) is 2. The van der Waals surface area contributed by atoms with E-state index < -0.39 is 18.0 Å². The summed E-state index contributed by atoms with van der Waals surface area (Å²) in [6.07, 6.45) is -0.964. The van der Waals surface area contributed by atoms with Crippen molar-refractivity contribution in [1.82, 2.24) is 10.6 Å². The van der Waals surface area contributed by atoms with Crippen LogP contribution in [0.3, 0.4) is 0 Å². The standard InChI is InChI=1S/C16H22N2O5/c1-10(2)18-16(21)17-9-12-5-7-13(8-6-12)15(20)23-11(3)14(19)22-4/h5-8,10-11H,9H2,1-4H3,(H2,17,18,21). The number of esters is 2. The van der Waals surface area contributed by atoms with E-state index in [9.17, 15) is 14.4 Å². The maximum Gasteiger partial charge on any atom is 0.346 e. The van der Waals surface area contributed by atoms with E-state index in [0.29, 0.717) is 12.1 Å². The number of rotatable bonds is 6. The van der Waals surface area contributed by atoms with Gasteiger partial charge in [-0.25, -0.2) is 14.4 Å². The zero-order valence-corrected chi connectivity index (χ0v) is 13.7. The van der Waals surface area contributed by atoms with Crippen LogP contribution in [0.25, 0.3) is 0 Å². The second kappa shape index (κ2) is 8.77. The summed E-state index contributed by atoms with van der Waals surface area (Å²) in [6.45, 7) is 5.52. The Balaban J connectivity index is 2.54. The lowest BCUT2D eigenvalue weighted by molar-refractivity contribution is -0.149. The van der Waals surface area contributed by atoms with Crippen LogP contribution in [0, 0.1) is 0 Å². The monoisotopic (exact) mass is 322 g/mol. The number of urea groups is 1. The van der Waals surface area contributed by atoms with Gasteiger partial charge in [-0.1, -0.05) is 12.1 Å².